The number of aromatic nitrogens is 3. The SMILES string of the molecule is Cc1nn(-c2ccccn2)c(N)c1S. The van der Waals surface area contributed by atoms with E-state index in [0.717, 1.165) is 5.69 Å². The second-order valence-corrected chi connectivity index (χ2v) is 3.37. The van der Waals surface area contributed by atoms with Crippen molar-refractivity contribution in [1.82, 2.24) is 14.8 Å². The summed E-state index contributed by atoms with van der Waals surface area (Å²) in [6.45, 7) is 1.86. The third-order valence-corrected chi connectivity index (χ3v) is 2.48. The Bertz CT molecular complexity index is 449. The average molecular weight is 206 g/mol. The van der Waals surface area contributed by atoms with Gasteiger partial charge in [-0.3, -0.25) is 0 Å². The Kier molecular flexibility index (Phi) is 2.17. The van der Waals surface area contributed by atoms with Crippen LogP contribution in [0.2, 0.25) is 0 Å². The van der Waals surface area contributed by atoms with Gasteiger partial charge >= 0.3 is 0 Å². The van der Waals surface area contributed by atoms with E-state index < -0.39 is 0 Å². The molecule has 0 unspecified atom stereocenters. The van der Waals surface area contributed by atoms with E-state index in [1.165, 1.54) is 0 Å². The lowest BCUT2D eigenvalue weighted by Crippen LogP contribution is -2.03. The molecule has 0 atom stereocenters. The Morgan fingerprint density at radius 1 is 1.43 bits per heavy atom. The normalized spacial score (nSPS) is 10.4. The zero-order valence-corrected chi connectivity index (χ0v) is 8.57. The van der Waals surface area contributed by atoms with Gasteiger partial charge in [0.2, 0.25) is 0 Å². The fraction of sp³-hybridized carbons (Fsp3) is 0.111. The topological polar surface area (TPSA) is 56.7 Å². The number of nitrogens with two attached hydrogens (primary N) is 1. The minimum absolute atomic E-state index is 0.518. The quantitative estimate of drug-likeness (QED) is 0.694. The fourth-order valence-electron chi connectivity index (χ4n) is 1.19. The van der Waals surface area contributed by atoms with Gasteiger partial charge in [0.15, 0.2) is 5.82 Å². The highest BCUT2D eigenvalue weighted by Crippen LogP contribution is 2.22. The molecule has 5 heteroatoms. The molecule has 14 heavy (non-hydrogen) atoms. The lowest BCUT2D eigenvalue weighted by Gasteiger charge is -2.01. The number of pyridine rings is 1. The number of anilines is 1. The van der Waals surface area contributed by atoms with Crippen molar-refractivity contribution in [3.63, 3.8) is 0 Å². The third kappa shape index (κ3) is 1.35. The summed E-state index contributed by atoms with van der Waals surface area (Å²) in [5.74, 6) is 1.22. The summed E-state index contributed by atoms with van der Waals surface area (Å²) in [4.78, 5) is 4.86. The summed E-state index contributed by atoms with van der Waals surface area (Å²) < 4.78 is 1.58. The lowest BCUT2D eigenvalue weighted by molar-refractivity contribution is 0.841. The molecule has 0 aromatic carbocycles. The standard InChI is InChI=1S/C9H10N4S/c1-6-8(14)9(10)13(12-6)7-4-2-3-5-11-7/h2-5,14H,10H2,1H3. The largest absolute Gasteiger partial charge is 0.383 e. The van der Waals surface area contributed by atoms with Crippen LogP contribution < -0.4 is 5.73 Å². The summed E-state index contributed by atoms with van der Waals surface area (Å²) in [6.07, 6.45) is 1.70. The van der Waals surface area contributed by atoms with E-state index in [0.29, 0.717) is 16.5 Å². The van der Waals surface area contributed by atoms with E-state index in [1.807, 2.05) is 25.1 Å². The molecule has 2 N–H and O–H groups in total. The highest BCUT2D eigenvalue weighted by Gasteiger charge is 2.10. The summed E-state index contributed by atoms with van der Waals surface area (Å²) in [7, 11) is 0. The van der Waals surface area contributed by atoms with Gasteiger partial charge in [0.25, 0.3) is 0 Å². The molecule has 0 fully saturated rings. The fourth-order valence-corrected chi connectivity index (χ4v) is 1.33. The number of nitrogens with zero attached hydrogens (tertiary/aromatic N) is 3. The number of rotatable bonds is 1. The molecule has 2 heterocycles. The van der Waals surface area contributed by atoms with Crippen molar-refractivity contribution in [1.29, 1.82) is 0 Å². The van der Waals surface area contributed by atoms with E-state index in [1.54, 1.807) is 10.9 Å². The molecule has 0 saturated carbocycles. The van der Waals surface area contributed by atoms with Gasteiger partial charge in [-0.1, -0.05) is 6.07 Å². The first-order chi connectivity index (χ1) is 6.70. The second-order valence-electron chi connectivity index (χ2n) is 2.92. The number of nitrogen functional groups attached to an aromatic ring is 1. The molecule has 0 bridgehead atoms. The van der Waals surface area contributed by atoms with Gasteiger partial charge in [-0.2, -0.15) is 9.78 Å². The lowest BCUT2D eigenvalue weighted by atomic mass is 10.4. The van der Waals surface area contributed by atoms with Gasteiger partial charge in [0.1, 0.15) is 5.82 Å². The Morgan fingerprint density at radius 2 is 2.21 bits per heavy atom. The van der Waals surface area contributed by atoms with Crippen LogP contribution in [-0.4, -0.2) is 14.8 Å². The molecule has 2 aromatic rings. The van der Waals surface area contributed by atoms with E-state index in [9.17, 15) is 0 Å². The number of hydrogen-bond donors (Lipinski definition) is 2. The summed E-state index contributed by atoms with van der Waals surface area (Å²) in [6, 6.07) is 5.57. The first-order valence-electron chi connectivity index (χ1n) is 4.15. The van der Waals surface area contributed by atoms with Crippen LogP contribution in [0.3, 0.4) is 0 Å². The van der Waals surface area contributed by atoms with Gasteiger partial charge in [0.05, 0.1) is 10.6 Å². The van der Waals surface area contributed by atoms with Gasteiger partial charge in [-0.15, -0.1) is 12.6 Å². The van der Waals surface area contributed by atoms with Crippen LogP contribution in [0.15, 0.2) is 29.3 Å². The second kappa shape index (κ2) is 3.34. The van der Waals surface area contributed by atoms with Crippen molar-refractivity contribution in [2.75, 3.05) is 5.73 Å². The van der Waals surface area contributed by atoms with Crippen LogP contribution in [0, 0.1) is 6.92 Å². The minimum atomic E-state index is 0.518. The van der Waals surface area contributed by atoms with Crippen LogP contribution in [-0.2, 0) is 0 Å². The van der Waals surface area contributed by atoms with E-state index >= 15 is 0 Å². The van der Waals surface area contributed by atoms with Crippen LogP contribution in [0.5, 0.6) is 0 Å². The first-order valence-corrected chi connectivity index (χ1v) is 4.60. The average Bonchev–Trinajstić information content (AvgIpc) is 2.47. The molecule has 0 spiro atoms. The molecule has 2 aromatic heterocycles. The molecule has 0 radical (unpaired) electrons. The van der Waals surface area contributed by atoms with Crippen LogP contribution in [0.1, 0.15) is 5.69 Å². The molecule has 0 aliphatic carbocycles. The van der Waals surface area contributed by atoms with Crippen LogP contribution in [0.4, 0.5) is 5.82 Å². The van der Waals surface area contributed by atoms with E-state index in [-0.39, 0.29) is 0 Å². The van der Waals surface area contributed by atoms with Crippen LogP contribution >= 0.6 is 12.6 Å². The zero-order chi connectivity index (χ0) is 10.1. The van der Waals surface area contributed by atoms with Crippen molar-refractivity contribution in [2.45, 2.75) is 11.8 Å². The highest BCUT2D eigenvalue weighted by molar-refractivity contribution is 7.80. The van der Waals surface area contributed by atoms with Gasteiger partial charge < -0.3 is 5.73 Å². The van der Waals surface area contributed by atoms with E-state index in [2.05, 4.69) is 22.7 Å². The summed E-state index contributed by atoms with van der Waals surface area (Å²) >= 11 is 4.25. The predicted molar refractivity (Wildman–Crippen MR) is 57.8 cm³/mol. The molecule has 4 nitrogen and oxygen atoms in total. The van der Waals surface area contributed by atoms with Crippen molar-refractivity contribution in [3.05, 3.63) is 30.1 Å². The third-order valence-electron chi connectivity index (χ3n) is 1.93. The molecule has 0 aliphatic rings. The highest BCUT2D eigenvalue weighted by atomic mass is 32.1. The van der Waals surface area contributed by atoms with Crippen molar-refractivity contribution < 1.29 is 0 Å². The van der Waals surface area contributed by atoms with Gasteiger partial charge in [0, 0.05) is 6.20 Å². The Hall–Kier alpha value is -1.49. The predicted octanol–water partition coefficient (Wildman–Crippen LogP) is 1.45. The number of aryl methyl sites for hydroxylation is 1. The Balaban J connectivity index is 2.58. The zero-order valence-electron chi connectivity index (χ0n) is 7.68. The van der Waals surface area contributed by atoms with Gasteiger partial charge in [-0.25, -0.2) is 4.98 Å². The molecule has 0 saturated heterocycles. The number of hydrogen-bond acceptors (Lipinski definition) is 4. The molecule has 2 rings (SSSR count). The first kappa shape index (κ1) is 9.08. The molecular weight excluding hydrogens is 196 g/mol. The summed E-state index contributed by atoms with van der Waals surface area (Å²) in [5.41, 5.74) is 6.62. The van der Waals surface area contributed by atoms with Crippen molar-refractivity contribution in [2.24, 2.45) is 0 Å². The molecule has 0 aliphatic heterocycles. The minimum Gasteiger partial charge on any atom is -0.383 e. The maximum Gasteiger partial charge on any atom is 0.155 e. The smallest absolute Gasteiger partial charge is 0.155 e. The molecule has 72 valence electrons. The Morgan fingerprint density at radius 3 is 2.71 bits per heavy atom. The maximum absolute atomic E-state index is 5.82. The van der Waals surface area contributed by atoms with Crippen LogP contribution in [0.25, 0.3) is 5.82 Å². The Labute approximate surface area is 87.2 Å². The number of thiol groups is 1. The maximum atomic E-state index is 5.82. The van der Waals surface area contributed by atoms with Crippen molar-refractivity contribution in [3.8, 4) is 5.82 Å². The molecule has 0 amide bonds. The monoisotopic (exact) mass is 206 g/mol. The van der Waals surface area contributed by atoms with Gasteiger partial charge in [-0.05, 0) is 19.1 Å². The molecular formula is C9H10N4S. The summed E-state index contributed by atoms with van der Waals surface area (Å²) in [5, 5.41) is 4.23. The van der Waals surface area contributed by atoms with Crippen molar-refractivity contribution >= 4 is 18.4 Å². The van der Waals surface area contributed by atoms with E-state index in [4.69, 9.17) is 5.73 Å².